The topological polar surface area (TPSA) is 87.2 Å². The highest BCUT2D eigenvalue weighted by molar-refractivity contribution is 6.30. The lowest BCUT2D eigenvalue weighted by molar-refractivity contribution is -0.134. The van der Waals surface area contributed by atoms with Crippen LogP contribution in [0, 0.1) is 0 Å². The van der Waals surface area contributed by atoms with Crippen LogP contribution in [0.1, 0.15) is 81.0 Å². The van der Waals surface area contributed by atoms with Crippen molar-refractivity contribution >= 4 is 29.2 Å². The van der Waals surface area contributed by atoms with Crippen molar-refractivity contribution in [1.29, 1.82) is 0 Å². The number of nitrogens with one attached hydrogen (secondary N) is 2. The second-order valence-electron chi connectivity index (χ2n) is 9.78. The Kier molecular flexibility index (Phi) is 7.84. The van der Waals surface area contributed by atoms with Gasteiger partial charge in [-0.05, 0) is 49.4 Å². The fraction of sp³-hybridized carbons (Fsp3) is 0.538. The number of nitrogens with zero attached hydrogens (tertiary/aromatic N) is 3. The van der Waals surface area contributed by atoms with Crippen LogP contribution in [0.2, 0.25) is 5.02 Å². The van der Waals surface area contributed by atoms with Crippen molar-refractivity contribution in [3.8, 4) is 0 Å². The van der Waals surface area contributed by atoms with E-state index in [0.717, 1.165) is 42.6 Å². The fourth-order valence-corrected chi connectivity index (χ4v) is 5.25. The van der Waals surface area contributed by atoms with Crippen LogP contribution in [0.5, 0.6) is 0 Å². The molecule has 182 valence electrons. The summed E-state index contributed by atoms with van der Waals surface area (Å²) in [5.74, 6) is 0.994. The average Bonchev–Trinajstić information content (AvgIpc) is 2.81. The van der Waals surface area contributed by atoms with Gasteiger partial charge in [0.05, 0.1) is 11.6 Å². The number of carbonyl (C=O) groups excluding carboxylic acids is 2. The third-order valence-corrected chi connectivity index (χ3v) is 7.16. The van der Waals surface area contributed by atoms with Gasteiger partial charge in [-0.15, -0.1) is 0 Å². The van der Waals surface area contributed by atoms with Gasteiger partial charge in [-0.1, -0.05) is 44.5 Å². The number of piperidine rings is 1. The van der Waals surface area contributed by atoms with Gasteiger partial charge in [-0.2, -0.15) is 0 Å². The Morgan fingerprint density at radius 3 is 2.59 bits per heavy atom. The molecule has 0 unspecified atom stereocenters. The van der Waals surface area contributed by atoms with Gasteiger partial charge < -0.3 is 15.5 Å². The predicted octanol–water partition coefficient (Wildman–Crippen LogP) is 4.45. The molecule has 34 heavy (non-hydrogen) atoms. The number of hydrogen-bond donors (Lipinski definition) is 2. The van der Waals surface area contributed by atoms with E-state index in [1.165, 1.54) is 0 Å². The largest absolute Gasteiger partial charge is 0.342 e. The molecule has 1 fully saturated rings. The molecule has 0 bridgehead atoms. The van der Waals surface area contributed by atoms with Crippen LogP contribution in [0.3, 0.4) is 0 Å². The van der Waals surface area contributed by atoms with Gasteiger partial charge in [0.15, 0.2) is 0 Å². The molecule has 0 radical (unpaired) electrons. The second kappa shape index (κ2) is 10.8. The summed E-state index contributed by atoms with van der Waals surface area (Å²) in [5.41, 5.74) is 3.10. The van der Waals surface area contributed by atoms with Crippen LogP contribution >= 0.6 is 11.6 Å². The Morgan fingerprint density at radius 2 is 1.91 bits per heavy atom. The molecule has 1 saturated heterocycles. The molecule has 2 aliphatic heterocycles. The maximum Gasteiger partial charge on any atom is 0.230 e. The Hall–Kier alpha value is -2.51. The first-order valence-corrected chi connectivity index (χ1v) is 12.6. The normalized spacial score (nSPS) is 19.6. The zero-order chi connectivity index (χ0) is 24.2. The van der Waals surface area contributed by atoms with Gasteiger partial charge in [-0.25, -0.2) is 9.97 Å². The maximum absolute atomic E-state index is 13.6. The van der Waals surface area contributed by atoms with Crippen molar-refractivity contribution in [2.75, 3.05) is 25.0 Å². The van der Waals surface area contributed by atoms with E-state index >= 15 is 0 Å². The molecule has 2 atom stereocenters. The number of rotatable bonds is 7. The molecule has 4 rings (SSSR count). The Morgan fingerprint density at radius 1 is 1.21 bits per heavy atom. The summed E-state index contributed by atoms with van der Waals surface area (Å²) >= 11 is 6.09. The van der Waals surface area contributed by atoms with Crippen LogP contribution < -0.4 is 10.6 Å². The molecule has 1 aromatic heterocycles. The minimum absolute atomic E-state index is 0.00487. The molecule has 0 spiro atoms. The molecule has 2 N–H and O–H groups in total. The highest BCUT2D eigenvalue weighted by atomic mass is 35.5. The molecule has 8 heteroatoms. The molecular formula is C26H34ClN5O2. The number of likely N-dealkylation sites (tertiary alicyclic amines) is 1. The molecule has 0 aliphatic carbocycles. The summed E-state index contributed by atoms with van der Waals surface area (Å²) in [6.07, 6.45) is 4.45. The summed E-state index contributed by atoms with van der Waals surface area (Å²) in [7, 11) is 0. The summed E-state index contributed by atoms with van der Waals surface area (Å²) in [4.78, 5) is 36.5. The lowest BCUT2D eigenvalue weighted by atomic mass is 9.84. The predicted molar refractivity (Wildman–Crippen MR) is 134 cm³/mol. The Labute approximate surface area is 206 Å². The summed E-state index contributed by atoms with van der Waals surface area (Å²) < 4.78 is 0. The van der Waals surface area contributed by atoms with Crippen molar-refractivity contribution in [3.63, 3.8) is 0 Å². The number of fused-ring (bicyclic) bond motifs is 1. The van der Waals surface area contributed by atoms with Crippen molar-refractivity contribution in [1.82, 2.24) is 20.2 Å². The SMILES string of the molecule is CC(C)NCC[C@@H](C(=O)N1CCC(c2ncnc3c2[C@H](C)CC(=O)N3)CC1)c1ccc(Cl)cc1. The highest BCUT2D eigenvalue weighted by Gasteiger charge is 2.33. The van der Waals surface area contributed by atoms with E-state index < -0.39 is 0 Å². The van der Waals surface area contributed by atoms with Gasteiger partial charge >= 0.3 is 0 Å². The van der Waals surface area contributed by atoms with E-state index in [0.29, 0.717) is 36.4 Å². The number of aromatic nitrogens is 2. The number of carbonyl (C=O) groups is 2. The van der Waals surface area contributed by atoms with Gasteiger partial charge in [0.2, 0.25) is 11.8 Å². The third-order valence-electron chi connectivity index (χ3n) is 6.91. The van der Waals surface area contributed by atoms with Gasteiger partial charge in [0.25, 0.3) is 0 Å². The number of amides is 2. The number of hydrogen-bond acceptors (Lipinski definition) is 5. The second-order valence-corrected chi connectivity index (χ2v) is 10.2. The summed E-state index contributed by atoms with van der Waals surface area (Å²) in [6, 6.07) is 8.03. The highest BCUT2D eigenvalue weighted by Crippen LogP contribution is 2.39. The molecule has 2 aliphatic rings. The number of anilines is 1. The maximum atomic E-state index is 13.6. The number of benzene rings is 1. The Balaban J connectivity index is 1.46. The first kappa shape index (κ1) is 24.6. The standard InChI is InChI=1S/C26H34ClN5O2/c1-16(2)28-11-8-21(18-4-6-20(27)7-5-18)26(34)32-12-9-19(10-13-32)24-23-17(3)14-22(33)31-25(23)30-15-29-24/h4-7,15-17,19,21,28H,8-14H2,1-3H3,(H,29,30,31,33)/t17-,21-/m1/s1. The monoisotopic (exact) mass is 483 g/mol. The quantitative estimate of drug-likeness (QED) is 0.607. The summed E-state index contributed by atoms with van der Waals surface area (Å²) in [6.45, 7) is 8.47. The molecule has 7 nitrogen and oxygen atoms in total. The van der Waals surface area contributed by atoms with Crippen LogP contribution in [0.25, 0.3) is 0 Å². The van der Waals surface area contributed by atoms with Gasteiger partial charge in [0.1, 0.15) is 12.1 Å². The lowest BCUT2D eigenvalue weighted by Crippen LogP contribution is -2.42. The first-order valence-electron chi connectivity index (χ1n) is 12.3. The zero-order valence-electron chi connectivity index (χ0n) is 20.2. The smallest absolute Gasteiger partial charge is 0.230 e. The van der Waals surface area contributed by atoms with E-state index in [9.17, 15) is 9.59 Å². The van der Waals surface area contributed by atoms with E-state index in [1.54, 1.807) is 6.33 Å². The molecular weight excluding hydrogens is 450 g/mol. The average molecular weight is 484 g/mol. The van der Waals surface area contributed by atoms with E-state index in [-0.39, 0.29) is 29.6 Å². The molecule has 2 aromatic rings. The van der Waals surface area contributed by atoms with Crippen LogP contribution in [0.15, 0.2) is 30.6 Å². The molecule has 0 saturated carbocycles. The first-order chi connectivity index (χ1) is 16.3. The van der Waals surface area contributed by atoms with E-state index in [4.69, 9.17) is 11.6 Å². The van der Waals surface area contributed by atoms with Crippen LogP contribution in [-0.2, 0) is 9.59 Å². The van der Waals surface area contributed by atoms with Gasteiger partial charge in [-0.3, -0.25) is 9.59 Å². The van der Waals surface area contributed by atoms with E-state index in [1.807, 2.05) is 29.2 Å². The molecule has 3 heterocycles. The number of halogens is 1. The minimum Gasteiger partial charge on any atom is -0.342 e. The van der Waals surface area contributed by atoms with Crippen LogP contribution in [-0.4, -0.2) is 52.4 Å². The molecule has 2 amide bonds. The van der Waals surface area contributed by atoms with Crippen molar-refractivity contribution in [3.05, 3.63) is 52.4 Å². The van der Waals surface area contributed by atoms with Crippen molar-refractivity contribution in [2.24, 2.45) is 0 Å². The van der Waals surface area contributed by atoms with Crippen LogP contribution in [0.4, 0.5) is 5.82 Å². The third kappa shape index (κ3) is 5.58. The Bertz CT molecular complexity index is 1020. The lowest BCUT2D eigenvalue weighted by Gasteiger charge is -2.36. The van der Waals surface area contributed by atoms with Gasteiger partial charge in [0, 0.05) is 42.1 Å². The van der Waals surface area contributed by atoms with E-state index in [2.05, 4.69) is 41.4 Å². The summed E-state index contributed by atoms with van der Waals surface area (Å²) in [5, 5.41) is 7.01. The van der Waals surface area contributed by atoms with Crippen molar-refractivity contribution < 1.29 is 9.59 Å². The molecule has 1 aromatic carbocycles. The minimum atomic E-state index is -0.192. The zero-order valence-corrected chi connectivity index (χ0v) is 20.9. The fourth-order valence-electron chi connectivity index (χ4n) is 5.12. The van der Waals surface area contributed by atoms with Crippen molar-refractivity contribution in [2.45, 2.75) is 70.3 Å².